The lowest BCUT2D eigenvalue weighted by Gasteiger charge is -2.39. The predicted molar refractivity (Wildman–Crippen MR) is 124 cm³/mol. The van der Waals surface area contributed by atoms with Crippen molar-refractivity contribution >= 4 is 0 Å². The van der Waals surface area contributed by atoms with Crippen LogP contribution in [-0.2, 0) is 13.6 Å². The molecule has 0 radical (unpaired) electrons. The molecule has 3 heterocycles. The fraction of sp³-hybridized carbons (Fsp3) is 0.440. The summed E-state index contributed by atoms with van der Waals surface area (Å²) >= 11 is 0. The standard InChI is InChI=1S/C25H28F4N4O3/c1-25(35,14-34)18-4-3-7-33(13-18)12-16-6-5-15(9-22(16)36-24(28)29)20-10-21(32(2)31-20)17-8-19(26)23(27)30-11-17/h5-6,8-11,18,24,34-35H,3-4,7,12-14H2,1-2H3/t18-,25+/m0/s1. The predicted octanol–water partition coefficient (Wildman–Crippen LogP) is 3.98. The number of alkyl halides is 2. The van der Waals surface area contributed by atoms with Crippen LogP contribution in [0.25, 0.3) is 22.5 Å². The van der Waals surface area contributed by atoms with Gasteiger partial charge in [-0.05, 0) is 44.5 Å². The minimum absolute atomic E-state index is 0.000221. The second kappa shape index (κ2) is 10.5. The number of hydrogen-bond donors (Lipinski definition) is 2. The number of aromatic nitrogens is 3. The largest absolute Gasteiger partial charge is 0.434 e. The van der Waals surface area contributed by atoms with E-state index >= 15 is 0 Å². The topological polar surface area (TPSA) is 83.6 Å². The van der Waals surface area contributed by atoms with Crippen LogP contribution < -0.4 is 4.74 Å². The van der Waals surface area contributed by atoms with E-state index in [1.165, 1.54) is 16.9 Å². The van der Waals surface area contributed by atoms with Gasteiger partial charge in [0, 0.05) is 48.9 Å². The third kappa shape index (κ3) is 5.69. The van der Waals surface area contributed by atoms with Crippen molar-refractivity contribution in [3.8, 4) is 28.3 Å². The summed E-state index contributed by atoms with van der Waals surface area (Å²) < 4.78 is 59.7. The number of halogens is 4. The van der Waals surface area contributed by atoms with Gasteiger partial charge in [-0.25, -0.2) is 9.37 Å². The highest BCUT2D eigenvalue weighted by atomic mass is 19.3. The van der Waals surface area contributed by atoms with Crippen LogP contribution in [0.15, 0.2) is 36.5 Å². The van der Waals surface area contributed by atoms with Crippen molar-refractivity contribution in [3.05, 3.63) is 53.9 Å². The number of likely N-dealkylation sites (tertiary alicyclic amines) is 1. The van der Waals surface area contributed by atoms with Crippen LogP contribution in [-0.4, -0.2) is 61.8 Å². The van der Waals surface area contributed by atoms with Crippen LogP contribution in [0.5, 0.6) is 5.75 Å². The van der Waals surface area contributed by atoms with Gasteiger partial charge < -0.3 is 14.9 Å². The maximum atomic E-state index is 13.7. The summed E-state index contributed by atoms with van der Waals surface area (Å²) in [6, 6.07) is 7.53. The van der Waals surface area contributed by atoms with Crippen LogP contribution in [0, 0.1) is 17.7 Å². The van der Waals surface area contributed by atoms with Crippen LogP contribution >= 0.6 is 0 Å². The highest BCUT2D eigenvalue weighted by Gasteiger charge is 2.34. The molecule has 194 valence electrons. The number of nitrogens with zero attached hydrogens (tertiary/aromatic N) is 4. The molecule has 11 heteroatoms. The first-order valence-electron chi connectivity index (χ1n) is 11.6. The van der Waals surface area contributed by atoms with Gasteiger partial charge in [-0.1, -0.05) is 12.1 Å². The maximum Gasteiger partial charge on any atom is 0.387 e. The van der Waals surface area contributed by atoms with Crippen molar-refractivity contribution in [1.82, 2.24) is 19.7 Å². The lowest BCUT2D eigenvalue weighted by molar-refractivity contribution is -0.0702. The number of rotatable bonds is 8. The highest BCUT2D eigenvalue weighted by Crippen LogP contribution is 2.33. The van der Waals surface area contributed by atoms with Gasteiger partial charge in [0.15, 0.2) is 5.82 Å². The first-order chi connectivity index (χ1) is 17.1. The fourth-order valence-electron chi connectivity index (χ4n) is 4.57. The Morgan fingerprint density at radius 2 is 1.97 bits per heavy atom. The van der Waals surface area contributed by atoms with Gasteiger partial charge >= 0.3 is 6.61 Å². The van der Waals surface area contributed by atoms with E-state index in [2.05, 4.69) is 10.1 Å². The molecule has 4 rings (SSSR count). The van der Waals surface area contributed by atoms with E-state index in [1.807, 2.05) is 4.90 Å². The Morgan fingerprint density at radius 1 is 1.19 bits per heavy atom. The SMILES string of the molecule is Cn1nc(-c2ccc(CN3CCC[C@H]([C@](C)(O)CO)C3)c(OC(F)F)c2)cc1-c1cnc(F)c(F)c1. The number of aryl methyl sites for hydroxylation is 1. The van der Waals surface area contributed by atoms with Gasteiger partial charge in [0.25, 0.3) is 0 Å². The smallest absolute Gasteiger partial charge is 0.387 e. The molecule has 2 atom stereocenters. The quantitative estimate of drug-likeness (QED) is 0.354. The molecule has 0 amide bonds. The first kappa shape index (κ1) is 26.1. The third-order valence-corrected chi connectivity index (χ3v) is 6.65. The fourth-order valence-corrected chi connectivity index (χ4v) is 4.57. The Labute approximate surface area is 206 Å². The lowest BCUT2D eigenvalue weighted by Crippen LogP contribution is -2.47. The Kier molecular flexibility index (Phi) is 7.62. The highest BCUT2D eigenvalue weighted by molar-refractivity contribution is 5.69. The average Bonchev–Trinajstić information content (AvgIpc) is 3.23. The number of aliphatic hydroxyl groups excluding tert-OH is 1. The molecule has 36 heavy (non-hydrogen) atoms. The average molecular weight is 509 g/mol. The molecule has 0 unspecified atom stereocenters. The summed E-state index contributed by atoms with van der Waals surface area (Å²) in [4.78, 5) is 5.44. The molecule has 0 saturated carbocycles. The molecule has 2 aromatic heterocycles. The molecule has 0 bridgehead atoms. The molecule has 3 aromatic rings. The molecule has 1 aliphatic heterocycles. The number of hydrogen-bond acceptors (Lipinski definition) is 6. The van der Waals surface area contributed by atoms with E-state index in [1.54, 1.807) is 32.2 Å². The Balaban J connectivity index is 1.60. The van der Waals surface area contributed by atoms with E-state index in [0.29, 0.717) is 41.2 Å². The minimum atomic E-state index is -3.03. The van der Waals surface area contributed by atoms with E-state index in [-0.39, 0.29) is 18.3 Å². The summed E-state index contributed by atoms with van der Waals surface area (Å²) in [7, 11) is 1.62. The maximum absolute atomic E-state index is 13.7. The number of aliphatic hydroxyl groups is 2. The van der Waals surface area contributed by atoms with Crippen molar-refractivity contribution in [3.63, 3.8) is 0 Å². The van der Waals surface area contributed by atoms with E-state index < -0.39 is 24.0 Å². The van der Waals surface area contributed by atoms with Crippen LogP contribution in [0.4, 0.5) is 17.6 Å². The van der Waals surface area contributed by atoms with Crippen molar-refractivity contribution in [2.75, 3.05) is 19.7 Å². The van der Waals surface area contributed by atoms with Crippen molar-refractivity contribution < 1.29 is 32.5 Å². The number of benzene rings is 1. The monoisotopic (exact) mass is 508 g/mol. The molecule has 0 spiro atoms. The zero-order chi connectivity index (χ0) is 26.0. The van der Waals surface area contributed by atoms with Gasteiger partial charge in [-0.2, -0.15) is 18.3 Å². The Morgan fingerprint density at radius 3 is 2.67 bits per heavy atom. The molecular weight excluding hydrogens is 480 g/mol. The number of ether oxygens (including phenoxy) is 1. The molecular formula is C25H28F4N4O3. The van der Waals surface area contributed by atoms with Gasteiger partial charge in [-0.3, -0.25) is 9.58 Å². The van der Waals surface area contributed by atoms with E-state index in [0.717, 1.165) is 25.5 Å². The normalized spacial score (nSPS) is 18.4. The van der Waals surface area contributed by atoms with Crippen molar-refractivity contribution in [2.24, 2.45) is 13.0 Å². The number of pyridine rings is 1. The van der Waals surface area contributed by atoms with Crippen LogP contribution in [0.1, 0.15) is 25.3 Å². The minimum Gasteiger partial charge on any atom is -0.434 e. The number of piperidine rings is 1. The summed E-state index contributed by atoms with van der Waals surface area (Å²) in [5, 5.41) is 24.3. The van der Waals surface area contributed by atoms with Gasteiger partial charge in [0.05, 0.1) is 23.6 Å². The summed E-state index contributed by atoms with van der Waals surface area (Å²) in [6.07, 6.45) is 2.76. The van der Waals surface area contributed by atoms with Crippen LogP contribution in [0.3, 0.4) is 0 Å². The molecule has 1 aliphatic rings. The Hall–Kier alpha value is -3.02. The van der Waals surface area contributed by atoms with Crippen molar-refractivity contribution in [1.29, 1.82) is 0 Å². The van der Waals surface area contributed by atoms with E-state index in [4.69, 9.17) is 4.74 Å². The first-order valence-corrected chi connectivity index (χ1v) is 11.6. The third-order valence-electron chi connectivity index (χ3n) is 6.65. The summed E-state index contributed by atoms with van der Waals surface area (Å²) in [6.45, 7) is -0.231. The molecule has 1 fully saturated rings. The molecule has 7 nitrogen and oxygen atoms in total. The van der Waals surface area contributed by atoms with Gasteiger partial charge in [-0.15, -0.1) is 0 Å². The second-order valence-electron chi connectivity index (χ2n) is 9.33. The summed E-state index contributed by atoms with van der Waals surface area (Å²) in [5.74, 6) is -2.44. The molecule has 1 aromatic carbocycles. The lowest BCUT2D eigenvalue weighted by atomic mass is 9.83. The van der Waals surface area contributed by atoms with Gasteiger partial charge in [0.1, 0.15) is 5.75 Å². The van der Waals surface area contributed by atoms with Crippen molar-refractivity contribution in [2.45, 2.75) is 38.5 Å². The molecule has 1 saturated heterocycles. The second-order valence-corrected chi connectivity index (χ2v) is 9.33. The molecule has 2 N–H and O–H groups in total. The Bertz CT molecular complexity index is 1220. The summed E-state index contributed by atoms with van der Waals surface area (Å²) in [5.41, 5.74) is 1.04. The zero-order valence-corrected chi connectivity index (χ0v) is 20.0. The zero-order valence-electron chi connectivity index (χ0n) is 20.0. The van der Waals surface area contributed by atoms with Crippen LogP contribution in [0.2, 0.25) is 0 Å². The molecule has 0 aliphatic carbocycles. The van der Waals surface area contributed by atoms with Gasteiger partial charge in [0.2, 0.25) is 5.95 Å². The van der Waals surface area contributed by atoms with E-state index in [9.17, 15) is 27.8 Å².